The topological polar surface area (TPSA) is 52.3 Å². The van der Waals surface area contributed by atoms with Crippen LogP contribution in [0, 0.1) is 11.8 Å². The van der Waals surface area contributed by atoms with Gasteiger partial charge in [-0.25, -0.2) is 4.79 Å². The molecule has 0 spiro atoms. The smallest absolute Gasteiger partial charge is 0.384 e. The number of nitrogens with two attached hydrogens (primary N) is 1. The Labute approximate surface area is 86.8 Å². The van der Waals surface area contributed by atoms with Crippen LogP contribution in [0.1, 0.15) is 5.56 Å². The predicted molar refractivity (Wildman–Crippen MR) is 54.8 cm³/mol. The van der Waals surface area contributed by atoms with Crippen molar-refractivity contribution in [3.8, 4) is 11.8 Å². The molecule has 0 fully saturated rings. The van der Waals surface area contributed by atoms with Crippen LogP contribution in [0.4, 0.5) is 5.69 Å². The molecule has 4 heteroatoms. The minimum atomic E-state index is -0.598. The molecule has 0 aliphatic heterocycles. The van der Waals surface area contributed by atoms with E-state index in [0.717, 1.165) is 0 Å². The fourth-order valence-electron chi connectivity index (χ4n) is 0.817. The third-order valence-electron chi connectivity index (χ3n) is 1.50. The van der Waals surface area contributed by atoms with Gasteiger partial charge >= 0.3 is 5.97 Å². The molecule has 0 saturated heterocycles. The van der Waals surface area contributed by atoms with Crippen molar-refractivity contribution in [3.05, 3.63) is 28.8 Å². The maximum absolute atomic E-state index is 10.7. The van der Waals surface area contributed by atoms with E-state index in [1.54, 1.807) is 18.2 Å². The number of hydrogen-bond donors (Lipinski definition) is 1. The minimum absolute atomic E-state index is 0.439. The second kappa shape index (κ2) is 4.54. The second-order valence-corrected chi connectivity index (χ2v) is 2.91. The highest BCUT2D eigenvalue weighted by molar-refractivity contribution is 6.30. The van der Waals surface area contributed by atoms with Crippen molar-refractivity contribution in [1.82, 2.24) is 0 Å². The van der Waals surface area contributed by atoms with Crippen LogP contribution in [0.5, 0.6) is 0 Å². The van der Waals surface area contributed by atoms with Gasteiger partial charge < -0.3 is 10.5 Å². The summed E-state index contributed by atoms with van der Waals surface area (Å²) in [7, 11) is 1.27. The van der Waals surface area contributed by atoms with Crippen LogP contribution in [0.3, 0.4) is 0 Å². The van der Waals surface area contributed by atoms with E-state index < -0.39 is 5.97 Å². The highest BCUT2D eigenvalue weighted by atomic mass is 35.5. The zero-order valence-corrected chi connectivity index (χ0v) is 8.26. The van der Waals surface area contributed by atoms with Gasteiger partial charge in [0.25, 0.3) is 0 Å². The Morgan fingerprint density at radius 1 is 1.57 bits per heavy atom. The highest BCUT2D eigenvalue weighted by Gasteiger charge is 1.97. The molecule has 1 aromatic carbocycles. The number of benzene rings is 1. The Morgan fingerprint density at radius 3 is 2.86 bits per heavy atom. The van der Waals surface area contributed by atoms with Crippen LogP contribution >= 0.6 is 11.6 Å². The van der Waals surface area contributed by atoms with Crippen molar-refractivity contribution in [2.75, 3.05) is 12.8 Å². The van der Waals surface area contributed by atoms with Gasteiger partial charge in [-0.15, -0.1) is 0 Å². The van der Waals surface area contributed by atoms with E-state index in [0.29, 0.717) is 16.3 Å². The first-order valence-corrected chi connectivity index (χ1v) is 4.16. The van der Waals surface area contributed by atoms with Gasteiger partial charge in [-0.3, -0.25) is 0 Å². The number of carbonyl (C=O) groups excluding carboxylic acids is 1. The average molecular weight is 210 g/mol. The first-order valence-electron chi connectivity index (χ1n) is 3.78. The Balaban J connectivity index is 2.96. The van der Waals surface area contributed by atoms with E-state index in [9.17, 15) is 4.79 Å². The fraction of sp³-hybridized carbons (Fsp3) is 0.100. The summed E-state index contributed by atoms with van der Waals surface area (Å²) in [5.74, 6) is 4.26. The molecule has 0 radical (unpaired) electrons. The van der Waals surface area contributed by atoms with Crippen molar-refractivity contribution in [2.24, 2.45) is 0 Å². The summed E-state index contributed by atoms with van der Waals surface area (Å²) in [6.45, 7) is 0. The number of ether oxygens (including phenoxy) is 1. The molecule has 1 aromatic rings. The van der Waals surface area contributed by atoms with Crippen LogP contribution in [0.2, 0.25) is 5.02 Å². The number of hydrogen-bond acceptors (Lipinski definition) is 3. The summed E-state index contributed by atoms with van der Waals surface area (Å²) < 4.78 is 4.36. The lowest BCUT2D eigenvalue weighted by molar-refractivity contribution is -0.133. The molecule has 0 atom stereocenters. The Bertz CT molecular complexity index is 418. The lowest BCUT2D eigenvalue weighted by atomic mass is 10.2. The fourth-order valence-corrected chi connectivity index (χ4v) is 0.997. The van der Waals surface area contributed by atoms with Crippen LogP contribution in [0.25, 0.3) is 0 Å². The summed E-state index contributed by atoms with van der Waals surface area (Å²) >= 11 is 5.69. The molecule has 0 amide bonds. The summed E-state index contributed by atoms with van der Waals surface area (Å²) in [4.78, 5) is 10.7. The number of nitrogen functional groups attached to an aromatic ring is 1. The quantitative estimate of drug-likeness (QED) is 0.400. The van der Waals surface area contributed by atoms with Crippen LogP contribution < -0.4 is 5.73 Å². The standard InChI is InChI=1S/C10H8ClNO2/c1-14-10(13)5-3-7-2-4-8(11)6-9(7)12/h2,4,6H,12H2,1H3. The molecule has 0 unspecified atom stereocenters. The zero-order valence-electron chi connectivity index (χ0n) is 7.50. The van der Waals surface area contributed by atoms with E-state index in [1.165, 1.54) is 7.11 Å². The third-order valence-corrected chi connectivity index (χ3v) is 1.73. The molecule has 0 heterocycles. The van der Waals surface area contributed by atoms with Crippen molar-refractivity contribution >= 4 is 23.3 Å². The van der Waals surface area contributed by atoms with Crippen molar-refractivity contribution < 1.29 is 9.53 Å². The first kappa shape index (κ1) is 10.4. The first-order chi connectivity index (χ1) is 6.63. The zero-order chi connectivity index (χ0) is 10.6. The van der Waals surface area contributed by atoms with E-state index in [-0.39, 0.29) is 0 Å². The molecule has 0 bridgehead atoms. The SMILES string of the molecule is COC(=O)C#Cc1ccc(Cl)cc1N. The summed E-state index contributed by atoms with van der Waals surface area (Å²) in [5, 5.41) is 0.533. The molecule has 0 aromatic heterocycles. The van der Waals surface area contributed by atoms with Gasteiger partial charge in [-0.05, 0) is 18.2 Å². The van der Waals surface area contributed by atoms with Gasteiger partial charge in [0.2, 0.25) is 0 Å². The largest absolute Gasteiger partial charge is 0.459 e. The predicted octanol–water partition coefficient (Wildman–Crippen LogP) is 1.45. The van der Waals surface area contributed by atoms with Crippen molar-refractivity contribution in [3.63, 3.8) is 0 Å². The molecule has 0 saturated carbocycles. The van der Waals surface area contributed by atoms with Gasteiger partial charge in [0, 0.05) is 22.2 Å². The molecular weight excluding hydrogens is 202 g/mol. The van der Waals surface area contributed by atoms with Gasteiger partial charge in [0.15, 0.2) is 0 Å². The van der Waals surface area contributed by atoms with Crippen molar-refractivity contribution in [2.45, 2.75) is 0 Å². The number of anilines is 1. The maximum Gasteiger partial charge on any atom is 0.384 e. The summed E-state index contributed by atoms with van der Waals surface area (Å²) in [6.07, 6.45) is 0. The number of halogens is 1. The molecule has 0 aliphatic rings. The minimum Gasteiger partial charge on any atom is -0.459 e. The van der Waals surface area contributed by atoms with Crippen LogP contribution in [-0.4, -0.2) is 13.1 Å². The van der Waals surface area contributed by atoms with E-state index in [1.807, 2.05) is 0 Å². The average Bonchev–Trinajstić information content (AvgIpc) is 2.16. The number of methoxy groups -OCH3 is 1. The third kappa shape index (κ3) is 2.68. The molecule has 3 nitrogen and oxygen atoms in total. The molecule has 2 N–H and O–H groups in total. The Kier molecular flexibility index (Phi) is 3.38. The highest BCUT2D eigenvalue weighted by Crippen LogP contribution is 2.16. The van der Waals surface area contributed by atoms with E-state index in [4.69, 9.17) is 17.3 Å². The van der Waals surface area contributed by atoms with E-state index >= 15 is 0 Å². The van der Waals surface area contributed by atoms with Crippen molar-refractivity contribution in [1.29, 1.82) is 0 Å². The van der Waals surface area contributed by atoms with Gasteiger partial charge in [-0.2, -0.15) is 0 Å². The van der Waals surface area contributed by atoms with Crippen LogP contribution in [-0.2, 0) is 9.53 Å². The second-order valence-electron chi connectivity index (χ2n) is 2.47. The van der Waals surface area contributed by atoms with E-state index in [2.05, 4.69) is 16.6 Å². The molecule has 0 aliphatic carbocycles. The molecule has 72 valence electrons. The maximum atomic E-state index is 10.7. The molecular formula is C10H8ClNO2. The molecule has 14 heavy (non-hydrogen) atoms. The van der Waals surface area contributed by atoms with Gasteiger partial charge in [-0.1, -0.05) is 17.5 Å². The Hall–Kier alpha value is -1.66. The number of esters is 1. The summed E-state index contributed by atoms with van der Waals surface area (Å²) in [5.41, 5.74) is 6.60. The lowest BCUT2D eigenvalue weighted by Crippen LogP contribution is -1.95. The summed E-state index contributed by atoms with van der Waals surface area (Å²) in [6, 6.07) is 4.87. The number of rotatable bonds is 0. The number of carbonyl (C=O) groups is 1. The molecule has 1 rings (SSSR count). The Morgan fingerprint density at radius 2 is 2.29 bits per heavy atom. The van der Waals surface area contributed by atoms with Gasteiger partial charge in [0.05, 0.1) is 7.11 Å². The normalized spacial score (nSPS) is 8.71. The monoisotopic (exact) mass is 209 g/mol. The van der Waals surface area contributed by atoms with Gasteiger partial charge in [0.1, 0.15) is 0 Å². The lowest BCUT2D eigenvalue weighted by Gasteiger charge is -1.97. The van der Waals surface area contributed by atoms with Crippen LogP contribution in [0.15, 0.2) is 18.2 Å².